The molecule has 100 valence electrons. The third-order valence-electron chi connectivity index (χ3n) is 3.11. The summed E-state index contributed by atoms with van der Waals surface area (Å²) in [5.41, 5.74) is 3.17. The molecule has 0 spiro atoms. The molecule has 0 unspecified atom stereocenters. The molecule has 0 bridgehead atoms. The van der Waals surface area contributed by atoms with Crippen molar-refractivity contribution in [2.45, 2.75) is 6.92 Å². The lowest BCUT2D eigenvalue weighted by Gasteiger charge is -2.12. The highest BCUT2D eigenvalue weighted by atomic mass is 16.5. The fourth-order valence-electron chi connectivity index (χ4n) is 2.09. The first kappa shape index (κ1) is 13.3. The van der Waals surface area contributed by atoms with Gasteiger partial charge in [-0.05, 0) is 48.4 Å². The summed E-state index contributed by atoms with van der Waals surface area (Å²) < 4.78 is 16.0. The first-order chi connectivity index (χ1) is 9.19. The number of benzene rings is 2. The highest BCUT2D eigenvalue weighted by Gasteiger charge is 2.09. The first-order valence-electron chi connectivity index (χ1n) is 6.06. The van der Waals surface area contributed by atoms with Crippen LogP contribution in [0.15, 0.2) is 36.4 Å². The van der Waals surface area contributed by atoms with E-state index in [9.17, 15) is 0 Å². The van der Waals surface area contributed by atoms with Crippen molar-refractivity contribution in [1.29, 1.82) is 0 Å². The van der Waals surface area contributed by atoms with Gasteiger partial charge in [0.15, 0.2) is 0 Å². The Morgan fingerprint density at radius 3 is 2.00 bits per heavy atom. The molecular weight excluding hydrogens is 240 g/mol. The maximum absolute atomic E-state index is 5.41. The summed E-state index contributed by atoms with van der Waals surface area (Å²) in [6.45, 7) is 2.02. The van der Waals surface area contributed by atoms with Gasteiger partial charge < -0.3 is 14.2 Å². The number of hydrogen-bond acceptors (Lipinski definition) is 3. The quantitative estimate of drug-likeness (QED) is 0.837. The molecule has 3 heteroatoms. The zero-order valence-corrected chi connectivity index (χ0v) is 11.7. The summed E-state index contributed by atoms with van der Waals surface area (Å²) >= 11 is 0. The number of methoxy groups -OCH3 is 3. The maximum Gasteiger partial charge on any atom is 0.126 e. The zero-order valence-electron chi connectivity index (χ0n) is 11.7. The molecule has 0 aliphatic rings. The van der Waals surface area contributed by atoms with Gasteiger partial charge in [-0.3, -0.25) is 0 Å². The molecule has 2 rings (SSSR count). The summed E-state index contributed by atoms with van der Waals surface area (Å²) in [5.74, 6) is 2.51. The highest BCUT2D eigenvalue weighted by molar-refractivity contribution is 5.73. The number of rotatable bonds is 4. The van der Waals surface area contributed by atoms with Crippen molar-refractivity contribution < 1.29 is 14.2 Å². The SMILES string of the molecule is COc1ccc(OC)c(-c2ccc(OC)c(C)c2)c1. The lowest BCUT2D eigenvalue weighted by Crippen LogP contribution is -1.92. The van der Waals surface area contributed by atoms with Crippen LogP contribution in [0.1, 0.15) is 5.56 Å². The average molecular weight is 258 g/mol. The minimum atomic E-state index is 0.810. The van der Waals surface area contributed by atoms with Gasteiger partial charge in [0.05, 0.1) is 21.3 Å². The van der Waals surface area contributed by atoms with E-state index in [1.807, 2.05) is 37.3 Å². The Kier molecular flexibility index (Phi) is 3.95. The molecule has 0 N–H and O–H groups in total. The second-order valence-corrected chi connectivity index (χ2v) is 4.25. The normalized spacial score (nSPS) is 10.1. The van der Waals surface area contributed by atoms with E-state index in [2.05, 4.69) is 6.07 Å². The van der Waals surface area contributed by atoms with Gasteiger partial charge in [0.25, 0.3) is 0 Å². The molecule has 0 aliphatic carbocycles. The molecule has 19 heavy (non-hydrogen) atoms. The van der Waals surface area contributed by atoms with E-state index in [1.54, 1.807) is 21.3 Å². The molecule has 0 fully saturated rings. The van der Waals surface area contributed by atoms with Crippen LogP contribution in [0.4, 0.5) is 0 Å². The van der Waals surface area contributed by atoms with Gasteiger partial charge in [-0.25, -0.2) is 0 Å². The minimum absolute atomic E-state index is 0.810. The monoisotopic (exact) mass is 258 g/mol. The van der Waals surface area contributed by atoms with E-state index >= 15 is 0 Å². The van der Waals surface area contributed by atoms with Crippen molar-refractivity contribution in [2.75, 3.05) is 21.3 Å². The van der Waals surface area contributed by atoms with Crippen LogP contribution in [0.5, 0.6) is 17.2 Å². The van der Waals surface area contributed by atoms with Crippen LogP contribution >= 0.6 is 0 Å². The molecule has 2 aromatic carbocycles. The highest BCUT2D eigenvalue weighted by Crippen LogP contribution is 2.35. The predicted molar refractivity (Wildman–Crippen MR) is 76.3 cm³/mol. The lowest BCUT2D eigenvalue weighted by molar-refractivity contribution is 0.404. The fourth-order valence-corrected chi connectivity index (χ4v) is 2.09. The Hall–Kier alpha value is -2.16. The molecule has 0 saturated heterocycles. The van der Waals surface area contributed by atoms with Crippen LogP contribution in [-0.2, 0) is 0 Å². The van der Waals surface area contributed by atoms with E-state index in [4.69, 9.17) is 14.2 Å². The van der Waals surface area contributed by atoms with Crippen molar-refractivity contribution in [3.8, 4) is 28.4 Å². The van der Waals surface area contributed by atoms with Gasteiger partial charge in [-0.1, -0.05) is 6.07 Å². The maximum atomic E-state index is 5.41. The molecule has 0 heterocycles. The van der Waals surface area contributed by atoms with Gasteiger partial charge in [-0.2, -0.15) is 0 Å². The van der Waals surface area contributed by atoms with Crippen molar-refractivity contribution in [3.05, 3.63) is 42.0 Å². The van der Waals surface area contributed by atoms with E-state index in [0.717, 1.165) is 33.9 Å². The average Bonchev–Trinajstić information content (AvgIpc) is 2.46. The van der Waals surface area contributed by atoms with Crippen LogP contribution in [0.3, 0.4) is 0 Å². The lowest BCUT2D eigenvalue weighted by atomic mass is 10.0. The van der Waals surface area contributed by atoms with Crippen LogP contribution in [0.25, 0.3) is 11.1 Å². The second kappa shape index (κ2) is 5.65. The van der Waals surface area contributed by atoms with E-state index in [0.29, 0.717) is 0 Å². The zero-order chi connectivity index (χ0) is 13.8. The fraction of sp³-hybridized carbons (Fsp3) is 0.250. The largest absolute Gasteiger partial charge is 0.497 e. The van der Waals surface area contributed by atoms with Gasteiger partial charge >= 0.3 is 0 Å². The summed E-state index contributed by atoms with van der Waals surface area (Å²) in [5, 5.41) is 0. The predicted octanol–water partition coefficient (Wildman–Crippen LogP) is 3.69. The molecule has 0 saturated carbocycles. The topological polar surface area (TPSA) is 27.7 Å². The third kappa shape index (κ3) is 2.65. The van der Waals surface area contributed by atoms with Crippen LogP contribution in [0, 0.1) is 6.92 Å². The summed E-state index contributed by atoms with van der Waals surface area (Å²) in [6.07, 6.45) is 0. The molecule has 0 amide bonds. The number of aryl methyl sites for hydroxylation is 1. The Morgan fingerprint density at radius 2 is 1.42 bits per heavy atom. The molecule has 0 radical (unpaired) electrons. The standard InChI is InChI=1S/C16H18O3/c1-11-9-12(5-7-15(11)18-3)14-10-13(17-2)6-8-16(14)19-4/h5-10H,1-4H3. The smallest absolute Gasteiger partial charge is 0.126 e. The molecule has 3 nitrogen and oxygen atoms in total. The number of ether oxygens (including phenoxy) is 3. The van der Waals surface area contributed by atoms with Crippen LogP contribution in [-0.4, -0.2) is 21.3 Å². The van der Waals surface area contributed by atoms with Gasteiger partial charge in [0.2, 0.25) is 0 Å². The Morgan fingerprint density at radius 1 is 0.737 bits per heavy atom. The molecule has 0 aliphatic heterocycles. The van der Waals surface area contributed by atoms with Gasteiger partial charge in [0.1, 0.15) is 17.2 Å². The Balaban J connectivity index is 2.53. The Bertz CT molecular complexity index is 576. The number of hydrogen-bond donors (Lipinski definition) is 0. The van der Waals surface area contributed by atoms with E-state index < -0.39 is 0 Å². The summed E-state index contributed by atoms with van der Waals surface area (Å²) in [4.78, 5) is 0. The van der Waals surface area contributed by atoms with E-state index in [1.165, 1.54) is 0 Å². The molecular formula is C16H18O3. The molecule has 0 atom stereocenters. The van der Waals surface area contributed by atoms with Crippen molar-refractivity contribution in [3.63, 3.8) is 0 Å². The summed E-state index contributed by atoms with van der Waals surface area (Å²) in [6, 6.07) is 11.8. The van der Waals surface area contributed by atoms with Crippen molar-refractivity contribution in [2.24, 2.45) is 0 Å². The van der Waals surface area contributed by atoms with Crippen molar-refractivity contribution in [1.82, 2.24) is 0 Å². The minimum Gasteiger partial charge on any atom is -0.497 e. The van der Waals surface area contributed by atoms with Crippen LogP contribution < -0.4 is 14.2 Å². The Labute approximate surface area is 113 Å². The first-order valence-corrected chi connectivity index (χ1v) is 6.06. The van der Waals surface area contributed by atoms with Gasteiger partial charge in [-0.15, -0.1) is 0 Å². The van der Waals surface area contributed by atoms with E-state index in [-0.39, 0.29) is 0 Å². The van der Waals surface area contributed by atoms with Crippen molar-refractivity contribution >= 4 is 0 Å². The summed E-state index contributed by atoms with van der Waals surface area (Å²) in [7, 11) is 5.00. The molecule has 0 aromatic heterocycles. The third-order valence-corrected chi connectivity index (χ3v) is 3.11. The second-order valence-electron chi connectivity index (χ2n) is 4.25. The van der Waals surface area contributed by atoms with Gasteiger partial charge in [0, 0.05) is 5.56 Å². The van der Waals surface area contributed by atoms with Crippen LogP contribution in [0.2, 0.25) is 0 Å². The molecule has 2 aromatic rings.